The molecule has 2 unspecified atom stereocenters. The Balaban J connectivity index is 1.69. The summed E-state index contributed by atoms with van der Waals surface area (Å²) in [5, 5.41) is 3.29. The molecule has 0 aromatic heterocycles. The van der Waals surface area contributed by atoms with Crippen LogP contribution < -0.4 is 15.0 Å². The minimum absolute atomic E-state index is 0.0449. The van der Waals surface area contributed by atoms with Crippen molar-refractivity contribution in [1.82, 2.24) is 10.2 Å². The number of ether oxygens (including phenoxy) is 1. The molecule has 2 aliphatic heterocycles. The Bertz CT molecular complexity index is 761. The Morgan fingerprint density at radius 2 is 2.23 bits per heavy atom. The molecule has 0 spiro atoms. The van der Waals surface area contributed by atoms with E-state index in [0.29, 0.717) is 0 Å². The van der Waals surface area contributed by atoms with E-state index in [-0.39, 0.29) is 18.0 Å². The number of amides is 1. The van der Waals surface area contributed by atoms with Crippen LogP contribution in [0.5, 0.6) is 5.75 Å². The van der Waals surface area contributed by atoms with Gasteiger partial charge in [-0.1, -0.05) is 30.4 Å². The quantitative estimate of drug-likeness (QED) is 0.807. The second-order valence-electron chi connectivity index (χ2n) is 5.38. The van der Waals surface area contributed by atoms with Gasteiger partial charge in [0.05, 0.1) is 7.11 Å². The van der Waals surface area contributed by atoms with E-state index in [1.807, 2.05) is 54.8 Å². The van der Waals surface area contributed by atoms with Crippen molar-refractivity contribution < 1.29 is 14.5 Å². The molecule has 0 bridgehead atoms. The maximum Gasteiger partial charge on any atom is 0.256 e. The third-order valence-electron chi connectivity index (χ3n) is 4.12. The summed E-state index contributed by atoms with van der Waals surface area (Å²) < 4.78 is 5.25. The number of hydrogen-bond acceptors (Lipinski definition) is 3. The summed E-state index contributed by atoms with van der Waals surface area (Å²) in [7, 11) is 1.62. The van der Waals surface area contributed by atoms with E-state index in [2.05, 4.69) is 10.3 Å². The lowest BCUT2D eigenvalue weighted by atomic mass is 10.0. The fraction of sp³-hybridized carbons (Fsp3) is 0.176. The van der Waals surface area contributed by atoms with E-state index in [1.165, 1.54) is 0 Å². The Morgan fingerprint density at radius 3 is 3.09 bits per heavy atom. The van der Waals surface area contributed by atoms with E-state index in [4.69, 9.17) is 4.74 Å². The summed E-state index contributed by atoms with van der Waals surface area (Å²) >= 11 is 0. The highest BCUT2D eigenvalue weighted by Crippen LogP contribution is 2.30. The van der Waals surface area contributed by atoms with Crippen molar-refractivity contribution in [2.24, 2.45) is 0 Å². The smallest absolute Gasteiger partial charge is 0.256 e. The second kappa shape index (κ2) is 4.87. The van der Waals surface area contributed by atoms with Gasteiger partial charge < -0.3 is 10.1 Å². The first-order valence-electron chi connectivity index (χ1n) is 7.20. The predicted molar refractivity (Wildman–Crippen MR) is 81.8 cm³/mol. The number of nitrogens with zero attached hydrogens (tertiary/aromatic N) is 1. The third kappa shape index (κ3) is 1.86. The first-order chi connectivity index (χ1) is 10.8. The third-order valence-corrected chi connectivity index (χ3v) is 4.12. The molecule has 1 aromatic carbocycles. The monoisotopic (exact) mass is 294 g/mol. The van der Waals surface area contributed by atoms with Crippen molar-refractivity contribution in [3.8, 4) is 5.75 Å². The van der Waals surface area contributed by atoms with Gasteiger partial charge in [-0.3, -0.25) is 9.69 Å². The molecular formula is C17H16N3O2+. The number of carbonyl (C=O) groups is 1. The molecule has 0 saturated carbocycles. The van der Waals surface area contributed by atoms with Gasteiger partial charge in [0.15, 0.2) is 5.82 Å². The molecule has 1 amide bonds. The number of carbonyl (C=O) groups excluding carboxylic acids is 1. The van der Waals surface area contributed by atoms with Gasteiger partial charge in [0.1, 0.15) is 17.8 Å². The van der Waals surface area contributed by atoms with E-state index >= 15 is 0 Å². The molecule has 4 rings (SSSR count). The highest BCUT2D eigenvalue weighted by molar-refractivity contribution is 6.02. The largest absolute Gasteiger partial charge is 0.497 e. The van der Waals surface area contributed by atoms with Gasteiger partial charge in [-0.05, 0) is 17.7 Å². The average molecular weight is 294 g/mol. The lowest BCUT2D eigenvalue weighted by molar-refractivity contribution is -0.380. The minimum atomic E-state index is -0.387. The van der Waals surface area contributed by atoms with Gasteiger partial charge in [0.2, 0.25) is 11.9 Å². The second-order valence-corrected chi connectivity index (χ2v) is 5.38. The number of allylic oxidation sites excluding steroid dienone is 2. The molecule has 0 radical (unpaired) electrons. The summed E-state index contributed by atoms with van der Waals surface area (Å²) in [6, 6.07) is 7.14. The zero-order chi connectivity index (χ0) is 15.1. The molecule has 2 atom stereocenters. The fourth-order valence-electron chi connectivity index (χ4n) is 3.02. The first-order valence-corrected chi connectivity index (χ1v) is 7.20. The van der Waals surface area contributed by atoms with Gasteiger partial charge in [0, 0.05) is 6.08 Å². The highest BCUT2D eigenvalue weighted by Gasteiger charge is 2.45. The molecule has 1 saturated heterocycles. The van der Waals surface area contributed by atoms with Gasteiger partial charge >= 0.3 is 0 Å². The molecule has 1 aliphatic carbocycles. The lowest BCUT2D eigenvalue weighted by Gasteiger charge is -2.25. The Morgan fingerprint density at radius 1 is 1.32 bits per heavy atom. The van der Waals surface area contributed by atoms with Crippen LogP contribution >= 0.6 is 0 Å². The van der Waals surface area contributed by atoms with Crippen molar-refractivity contribution in [1.29, 1.82) is 0 Å². The van der Waals surface area contributed by atoms with Crippen LogP contribution in [-0.2, 0) is 4.79 Å². The number of nitrogens with one attached hydrogen (secondary N) is 2. The van der Waals surface area contributed by atoms with E-state index in [1.54, 1.807) is 12.0 Å². The van der Waals surface area contributed by atoms with Gasteiger partial charge in [0.25, 0.3) is 5.91 Å². The van der Waals surface area contributed by atoms with Gasteiger partial charge in [-0.2, -0.15) is 0 Å². The lowest BCUT2D eigenvalue weighted by Crippen LogP contribution is -2.74. The van der Waals surface area contributed by atoms with Crippen LogP contribution in [0.4, 0.5) is 0 Å². The SMILES string of the molecule is COc1cccc(C2NC3=C[NH+]=C4C=CC=CC4N3C2=O)c1. The molecule has 110 valence electrons. The van der Waals surface area contributed by atoms with Crippen molar-refractivity contribution in [2.45, 2.75) is 12.1 Å². The Labute approximate surface area is 128 Å². The Kier molecular flexibility index (Phi) is 2.85. The number of benzene rings is 1. The molecular weight excluding hydrogens is 278 g/mol. The topological polar surface area (TPSA) is 55.5 Å². The number of methoxy groups -OCH3 is 1. The summed E-state index contributed by atoms with van der Waals surface area (Å²) in [4.78, 5) is 17.9. The van der Waals surface area contributed by atoms with E-state index in [0.717, 1.165) is 22.8 Å². The number of fused-ring (bicyclic) bond motifs is 3. The number of hydrogen-bond donors (Lipinski definition) is 2. The summed E-state index contributed by atoms with van der Waals surface area (Å²) in [6.07, 6.45) is 9.77. The van der Waals surface area contributed by atoms with Crippen LogP contribution in [0.2, 0.25) is 0 Å². The zero-order valence-corrected chi connectivity index (χ0v) is 12.1. The normalized spacial score (nSPS) is 25.1. The fourth-order valence-corrected chi connectivity index (χ4v) is 3.02. The molecule has 5 nitrogen and oxygen atoms in total. The summed E-state index contributed by atoms with van der Waals surface area (Å²) in [6.45, 7) is 0. The molecule has 3 aliphatic rings. The standard InChI is InChI=1S/C17H15N3O2/c1-22-12-6-4-5-11(9-12)16-17(21)20-14-8-3-2-7-13(14)18-10-15(20)19-16/h2-10,14,16,19H,1H3/p+1. The Hall–Kier alpha value is -2.82. The van der Waals surface area contributed by atoms with E-state index in [9.17, 15) is 4.79 Å². The van der Waals surface area contributed by atoms with Crippen LogP contribution in [0.3, 0.4) is 0 Å². The summed E-state index contributed by atoms with van der Waals surface area (Å²) in [5.74, 6) is 1.59. The molecule has 5 heteroatoms. The molecule has 1 fully saturated rings. The molecule has 2 N–H and O–H groups in total. The molecule has 22 heavy (non-hydrogen) atoms. The maximum absolute atomic E-state index is 12.9. The minimum Gasteiger partial charge on any atom is -0.497 e. The molecule has 1 aromatic rings. The predicted octanol–water partition coefficient (Wildman–Crippen LogP) is -0.00320. The zero-order valence-electron chi connectivity index (χ0n) is 12.1. The number of rotatable bonds is 2. The van der Waals surface area contributed by atoms with Crippen LogP contribution in [0.1, 0.15) is 11.6 Å². The van der Waals surface area contributed by atoms with Crippen molar-refractivity contribution >= 4 is 11.6 Å². The van der Waals surface area contributed by atoms with Crippen molar-refractivity contribution in [2.75, 3.05) is 7.11 Å². The summed E-state index contributed by atoms with van der Waals surface area (Å²) in [5.41, 5.74) is 1.91. The van der Waals surface area contributed by atoms with Crippen LogP contribution in [0.15, 0.2) is 60.6 Å². The van der Waals surface area contributed by atoms with Crippen molar-refractivity contribution in [3.05, 3.63) is 66.2 Å². The van der Waals surface area contributed by atoms with Gasteiger partial charge in [-0.15, -0.1) is 0 Å². The van der Waals surface area contributed by atoms with Crippen LogP contribution in [0, 0.1) is 0 Å². The average Bonchev–Trinajstić information content (AvgIpc) is 2.92. The molecule has 2 heterocycles. The maximum atomic E-state index is 12.9. The van der Waals surface area contributed by atoms with Gasteiger partial charge in [-0.25, -0.2) is 4.99 Å². The van der Waals surface area contributed by atoms with E-state index < -0.39 is 0 Å². The first kappa shape index (κ1) is 12.9. The van der Waals surface area contributed by atoms with Crippen LogP contribution in [0.25, 0.3) is 0 Å². The highest BCUT2D eigenvalue weighted by atomic mass is 16.5. The van der Waals surface area contributed by atoms with Crippen LogP contribution in [-0.4, -0.2) is 29.7 Å². The van der Waals surface area contributed by atoms with Crippen molar-refractivity contribution in [3.63, 3.8) is 0 Å².